The highest BCUT2D eigenvalue weighted by Crippen LogP contribution is 2.20. The van der Waals surface area contributed by atoms with Crippen molar-refractivity contribution in [3.63, 3.8) is 0 Å². The van der Waals surface area contributed by atoms with E-state index < -0.39 is 0 Å². The molecule has 26 heavy (non-hydrogen) atoms. The van der Waals surface area contributed by atoms with E-state index in [9.17, 15) is 0 Å². The van der Waals surface area contributed by atoms with Gasteiger partial charge in [0.25, 0.3) is 0 Å². The number of guanidine groups is 1. The van der Waals surface area contributed by atoms with Crippen molar-refractivity contribution in [2.24, 2.45) is 10.9 Å². The molecule has 0 amide bonds. The van der Waals surface area contributed by atoms with Gasteiger partial charge in [-0.3, -0.25) is 4.99 Å². The van der Waals surface area contributed by atoms with E-state index in [0.29, 0.717) is 6.04 Å². The minimum absolute atomic E-state index is 0.469. The summed E-state index contributed by atoms with van der Waals surface area (Å²) in [6, 6.07) is 0.469. The van der Waals surface area contributed by atoms with Crippen LogP contribution >= 0.6 is 0 Å². The van der Waals surface area contributed by atoms with E-state index in [4.69, 9.17) is 4.99 Å². The second-order valence-electron chi connectivity index (χ2n) is 7.64. The average molecular weight is 368 g/mol. The van der Waals surface area contributed by atoms with Crippen LogP contribution in [0.15, 0.2) is 4.99 Å². The largest absolute Gasteiger partial charge is 0.357 e. The zero-order valence-electron chi connectivity index (χ0n) is 18.2. The van der Waals surface area contributed by atoms with Crippen LogP contribution in [-0.2, 0) is 0 Å². The maximum absolute atomic E-state index is 4.83. The lowest BCUT2D eigenvalue weighted by Crippen LogP contribution is -2.42. The lowest BCUT2D eigenvalue weighted by molar-refractivity contribution is 0.188. The molecule has 2 N–H and O–H groups in total. The number of hydrogen-bond acceptors (Lipinski definition) is 3. The Labute approximate surface area is 163 Å². The first-order chi connectivity index (χ1) is 12.6. The molecule has 1 aliphatic rings. The number of nitrogens with zero attached hydrogens (tertiary/aromatic N) is 3. The third-order valence-corrected chi connectivity index (χ3v) is 5.69. The molecule has 0 aromatic heterocycles. The predicted molar refractivity (Wildman–Crippen MR) is 115 cm³/mol. The number of aliphatic imine (C=N–C) groups is 1. The Bertz CT molecular complexity index is 359. The van der Waals surface area contributed by atoms with Gasteiger partial charge in [0.15, 0.2) is 5.96 Å². The van der Waals surface area contributed by atoms with Gasteiger partial charge in [-0.25, -0.2) is 0 Å². The summed E-state index contributed by atoms with van der Waals surface area (Å²) in [5.74, 6) is 1.85. The smallest absolute Gasteiger partial charge is 0.191 e. The van der Waals surface area contributed by atoms with Crippen molar-refractivity contribution >= 4 is 5.96 Å². The predicted octanol–water partition coefficient (Wildman–Crippen LogP) is 3.17. The fourth-order valence-corrected chi connectivity index (χ4v) is 3.74. The molecule has 0 bridgehead atoms. The van der Waals surface area contributed by atoms with E-state index in [1.165, 1.54) is 58.3 Å². The molecule has 0 aliphatic carbocycles. The third kappa shape index (κ3) is 9.77. The number of likely N-dealkylation sites (tertiary alicyclic amines) is 1. The molecule has 0 saturated carbocycles. The summed E-state index contributed by atoms with van der Waals surface area (Å²) < 4.78 is 0. The molecule has 1 heterocycles. The summed E-state index contributed by atoms with van der Waals surface area (Å²) >= 11 is 0. The minimum Gasteiger partial charge on any atom is -0.357 e. The van der Waals surface area contributed by atoms with Crippen molar-refractivity contribution in [1.29, 1.82) is 0 Å². The second kappa shape index (κ2) is 14.3. The lowest BCUT2D eigenvalue weighted by atomic mass is 9.94. The third-order valence-electron chi connectivity index (χ3n) is 5.69. The number of nitrogens with one attached hydrogen (secondary N) is 2. The fourth-order valence-electron chi connectivity index (χ4n) is 3.74. The molecule has 1 aliphatic heterocycles. The molecule has 154 valence electrons. The molecule has 1 unspecified atom stereocenters. The summed E-state index contributed by atoms with van der Waals surface area (Å²) in [7, 11) is 0. The van der Waals surface area contributed by atoms with E-state index >= 15 is 0 Å². The highest BCUT2D eigenvalue weighted by Gasteiger charge is 2.17. The number of rotatable bonds is 12. The maximum Gasteiger partial charge on any atom is 0.191 e. The van der Waals surface area contributed by atoms with E-state index in [2.05, 4.69) is 55.1 Å². The van der Waals surface area contributed by atoms with Crippen LogP contribution in [0.4, 0.5) is 0 Å². The van der Waals surface area contributed by atoms with Gasteiger partial charge in [-0.05, 0) is 91.1 Å². The van der Waals surface area contributed by atoms with Crippen LogP contribution in [-0.4, -0.2) is 74.2 Å². The first-order valence-corrected chi connectivity index (χ1v) is 11.1. The van der Waals surface area contributed by atoms with Crippen LogP contribution in [0.3, 0.4) is 0 Å². The van der Waals surface area contributed by atoms with Gasteiger partial charge in [-0.2, -0.15) is 0 Å². The highest BCUT2D eigenvalue weighted by molar-refractivity contribution is 5.80. The van der Waals surface area contributed by atoms with Crippen molar-refractivity contribution in [3.05, 3.63) is 0 Å². The van der Waals surface area contributed by atoms with E-state index in [0.717, 1.165) is 38.1 Å². The topological polar surface area (TPSA) is 42.9 Å². The van der Waals surface area contributed by atoms with Gasteiger partial charge in [0, 0.05) is 19.1 Å². The quantitative estimate of drug-likeness (QED) is 0.411. The Balaban J connectivity index is 2.29. The zero-order valence-corrected chi connectivity index (χ0v) is 18.2. The molecule has 0 aromatic rings. The summed E-state index contributed by atoms with van der Waals surface area (Å²) in [5, 5.41) is 7.00. The summed E-state index contributed by atoms with van der Waals surface area (Å²) in [4.78, 5) is 9.89. The minimum atomic E-state index is 0.469. The molecule has 0 radical (unpaired) electrons. The van der Waals surface area contributed by atoms with E-state index in [1.807, 2.05) is 0 Å². The standard InChI is InChI=1S/C21H45N5/c1-6-22-21(24-19(5)11-10-16-25(7-2)8-3)23-15-12-20-13-17-26(9-4)18-14-20/h19-20H,6-18H2,1-5H3,(H2,22,23,24). The Morgan fingerprint density at radius 2 is 1.85 bits per heavy atom. The average Bonchev–Trinajstić information content (AvgIpc) is 2.66. The van der Waals surface area contributed by atoms with Crippen LogP contribution in [0.25, 0.3) is 0 Å². The molecule has 1 rings (SSSR count). The molecule has 1 saturated heterocycles. The second-order valence-corrected chi connectivity index (χ2v) is 7.64. The van der Waals surface area contributed by atoms with E-state index in [-0.39, 0.29) is 0 Å². The Morgan fingerprint density at radius 3 is 2.42 bits per heavy atom. The summed E-state index contributed by atoms with van der Waals surface area (Å²) in [6.07, 6.45) is 6.34. The molecular weight excluding hydrogens is 322 g/mol. The molecule has 1 atom stereocenters. The lowest BCUT2D eigenvalue weighted by Gasteiger charge is -2.30. The van der Waals surface area contributed by atoms with Crippen LogP contribution in [0, 0.1) is 5.92 Å². The van der Waals surface area contributed by atoms with Gasteiger partial charge in [-0.1, -0.05) is 20.8 Å². The first kappa shape index (κ1) is 23.2. The van der Waals surface area contributed by atoms with Gasteiger partial charge in [-0.15, -0.1) is 0 Å². The van der Waals surface area contributed by atoms with Crippen molar-refractivity contribution < 1.29 is 0 Å². The number of hydrogen-bond donors (Lipinski definition) is 2. The van der Waals surface area contributed by atoms with Crippen LogP contribution < -0.4 is 10.6 Å². The van der Waals surface area contributed by atoms with Crippen LogP contribution in [0.1, 0.15) is 66.7 Å². The molecule has 1 fully saturated rings. The van der Waals surface area contributed by atoms with Gasteiger partial charge in [0.2, 0.25) is 0 Å². The summed E-state index contributed by atoms with van der Waals surface area (Å²) in [5.41, 5.74) is 0. The van der Waals surface area contributed by atoms with Crippen molar-refractivity contribution in [2.75, 3.05) is 52.4 Å². The van der Waals surface area contributed by atoms with Gasteiger partial charge in [0.05, 0.1) is 0 Å². The SMILES string of the molecule is CCNC(=NCCC1CCN(CC)CC1)NC(C)CCCN(CC)CC. The van der Waals surface area contributed by atoms with E-state index in [1.54, 1.807) is 0 Å². The molecule has 0 spiro atoms. The van der Waals surface area contributed by atoms with Crippen LogP contribution in [0.5, 0.6) is 0 Å². The Hall–Kier alpha value is -0.810. The van der Waals surface area contributed by atoms with Crippen molar-refractivity contribution in [2.45, 2.75) is 72.8 Å². The van der Waals surface area contributed by atoms with Crippen molar-refractivity contribution in [3.8, 4) is 0 Å². The Kier molecular flexibility index (Phi) is 12.8. The normalized spacial score (nSPS) is 18.3. The molecule has 5 nitrogen and oxygen atoms in total. The molecular formula is C21H45N5. The monoisotopic (exact) mass is 367 g/mol. The number of piperidine rings is 1. The van der Waals surface area contributed by atoms with Gasteiger partial charge >= 0.3 is 0 Å². The highest BCUT2D eigenvalue weighted by atomic mass is 15.2. The van der Waals surface area contributed by atoms with Gasteiger partial charge in [0.1, 0.15) is 0 Å². The molecule has 0 aromatic carbocycles. The zero-order chi connectivity index (χ0) is 19.2. The maximum atomic E-state index is 4.83. The van der Waals surface area contributed by atoms with Gasteiger partial charge < -0.3 is 20.4 Å². The van der Waals surface area contributed by atoms with Crippen molar-refractivity contribution in [1.82, 2.24) is 20.4 Å². The Morgan fingerprint density at radius 1 is 1.15 bits per heavy atom. The molecule has 5 heteroatoms. The fraction of sp³-hybridized carbons (Fsp3) is 0.952. The summed E-state index contributed by atoms with van der Waals surface area (Å²) in [6.45, 7) is 20.3. The van der Waals surface area contributed by atoms with Crippen LogP contribution in [0.2, 0.25) is 0 Å². The first-order valence-electron chi connectivity index (χ1n) is 11.1.